The van der Waals surface area contributed by atoms with Crippen LogP contribution in [-0.2, 0) is 25.9 Å². The number of carbonyl (C=O) groups is 2. The summed E-state index contributed by atoms with van der Waals surface area (Å²) < 4.78 is 84.0. The summed E-state index contributed by atoms with van der Waals surface area (Å²) in [5, 5.41) is 23.2. The quantitative estimate of drug-likeness (QED) is 0.0125. The normalized spacial score (nSPS) is 15.6. The van der Waals surface area contributed by atoms with Gasteiger partial charge in [0.2, 0.25) is 0 Å². The van der Waals surface area contributed by atoms with Crippen LogP contribution in [-0.4, -0.2) is 29.4 Å². The molecule has 2 aliphatic carbocycles. The number of thiophene rings is 4. The number of Topliss-reactive ketones (excluding diaryl/α,β-unsaturated/α-hetero) is 2. The summed E-state index contributed by atoms with van der Waals surface area (Å²) >= 11 is 8.17. The third-order valence-electron chi connectivity index (χ3n) is 22.0. The molecule has 0 saturated carbocycles. The van der Waals surface area contributed by atoms with Crippen LogP contribution in [0.4, 0.5) is 17.6 Å². The van der Waals surface area contributed by atoms with Crippen molar-refractivity contribution in [3.05, 3.63) is 125 Å². The van der Waals surface area contributed by atoms with Gasteiger partial charge >= 0.3 is 0 Å². The first-order chi connectivity index (χ1) is 50.7. The molecule has 7 heterocycles. The van der Waals surface area contributed by atoms with Gasteiger partial charge in [-0.3, -0.25) is 9.59 Å². The Hall–Kier alpha value is -7.11. The lowest BCUT2D eigenvalue weighted by atomic mass is 9.94. The second-order valence-electron chi connectivity index (χ2n) is 29.3. The first-order valence-corrected chi connectivity index (χ1v) is 42.9. The Kier molecular flexibility index (Phi) is 25.8. The number of hydrogen-bond acceptors (Lipinski definition) is 11. The molecule has 2 atom stereocenters. The van der Waals surface area contributed by atoms with Crippen LogP contribution >= 0.6 is 57.1 Å². The van der Waals surface area contributed by atoms with E-state index in [2.05, 4.69) is 61.6 Å². The summed E-state index contributed by atoms with van der Waals surface area (Å²) in [7, 11) is 0. The molecule has 12 rings (SSSR count). The summed E-state index contributed by atoms with van der Waals surface area (Å²) in [5.41, 5.74) is 9.41. The average Bonchev–Trinajstić information content (AvgIpc) is 1.50. The van der Waals surface area contributed by atoms with Crippen LogP contribution < -0.4 is 0 Å². The van der Waals surface area contributed by atoms with Crippen molar-refractivity contribution in [3.63, 3.8) is 0 Å². The predicted molar refractivity (Wildman–Crippen MR) is 432 cm³/mol. The molecule has 0 spiro atoms. The summed E-state index contributed by atoms with van der Waals surface area (Å²) in [5.74, 6) is -4.83. The number of halogens is 4. The van der Waals surface area contributed by atoms with Gasteiger partial charge in [-0.2, -0.15) is 14.0 Å². The molecule has 0 bridgehead atoms. The first-order valence-electron chi connectivity index (χ1n) is 38.9. The average molecular weight is 1500 g/mol. The molecule has 0 radical (unpaired) electrons. The van der Waals surface area contributed by atoms with E-state index in [4.69, 9.17) is 15.3 Å². The molecule has 104 heavy (non-hydrogen) atoms. The van der Waals surface area contributed by atoms with Crippen LogP contribution in [0.1, 0.15) is 294 Å². The minimum Gasteiger partial charge on any atom is -0.337 e. The zero-order chi connectivity index (χ0) is 73.3. The summed E-state index contributed by atoms with van der Waals surface area (Å²) in [6.07, 6.45) is 38.5. The Balaban J connectivity index is 1.18. The highest BCUT2D eigenvalue weighted by Crippen LogP contribution is 2.57. The molecule has 0 saturated heterocycles. The van der Waals surface area contributed by atoms with E-state index < -0.39 is 34.8 Å². The number of aromatic nitrogens is 4. The predicted octanol–water partition coefficient (Wildman–Crippen LogP) is 28.2. The molecule has 546 valence electrons. The number of hydrogen-bond donors (Lipinski definition) is 0. The SMILES string of the molecule is [C-]#[N+]/C(C#N)=C1/C(=C/c2sc3c(sc4c5c6nsnc6c6c7sc8c(CCCCCCCCC)c(/C=C9\C(=O)c%10cc(F)c(F)cc%10\C9=C(/C)C#N)sc8c7n(CC(CCCC)CCCCCC)c6c5n(CC(CCCC)CCCCCC)c34)c2CCCCCCCCC)C(=O)c2cc(F)c(F)cc21. The van der Waals surface area contributed by atoms with Crippen LogP contribution in [0.15, 0.2) is 46.7 Å². The lowest BCUT2D eigenvalue weighted by molar-refractivity contribution is 0.103. The second-order valence-corrected chi connectivity index (χ2v) is 34.0. The molecule has 18 heteroatoms. The fourth-order valence-electron chi connectivity index (χ4n) is 16.5. The second kappa shape index (κ2) is 35.1. The van der Waals surface area contributed by atoms with Crippen LogP contribution in [0.3, 0.4) is 0 Å². The molecular weight excluding hydrogens is 1400 g/mol. The van der Waals surface area contributed by atoms with Crippen molar-refractivity contribution in [1.82, 2.24) is 17.9 Å². The van der Waals surface area contributed by atoms with Gasteiger partial charge in [-0.05, 0) is 129 Å². The zero-order valence-corrected chi connectivity index (χ0v) is 65.7. The zero-order valence-electron chi connectivity index (χ0n) is 61.7. The number of carbonyl (C=O) groups excluding carboxylic acids is 2. The molecular formula is C86H97F4N7O2S5. The molecule has 7 aromatic heterocycles. The van der Waals surface area contributed by atoms with Gasteiger partial charge in [0.05, 0.1) is 80.7 Å². The summed E-state index contributed by atoms with van der Waals surface area (Å²) in [6.45, 7) is 24.9. The van der Waals surface area contributed by atoms with Gasteiger partial charge in [-0.15, -0.1) is 45.3 Å². The highest BCUT2D eigenvalue weighted by Gasteiger charge is 2.38. The number of nitrogens with zero attached hydrogens (tertiary/aromatic N) is 7. The van der Waals surface area contributed by atoms with E-state index in [0.717, 1.165) is 278 Å². The number of rotatable bonds is 38. The van der Waals surface area contributed by atoms with Gasteiger partial charge < -0.3 is 9.13 Å². The number of unbranched alkanes of at least 4 members (excludes halogenated alkanes) is 20. The van der Waals surface area contributed by atoms with Crippen molar-refractivity contribution in [3.8, 4) is 12.1 Å². The monoisotopic (exact) mass is 1500 g/mol. The fourth-order valence-corrected chi connectivity index (χ4v) is 23.0. The van der Waals surface area contributed by atoms with E-state index >= 15 is 17.6 Å². The summed E-state index contributed by atoms with van der Waals surface area (Å²) in [6, 6.07) is 8.17. The third-order valence-corrected chi connectivity index (χ3v) is 27.6. The number of ketones is 2. The molecule has 0 aliphatic heterocycles. The number of benzene rings is 3. The van der Waals surface area contributed by atoms with Crippen molar-refractivity contribution in [2.75, 3.05) is 0 Å². The molecule has 3 aromatic carbocycles. The Morgan fingerprint density at radius 1 is 0.471 bits per heavy atom. The highest BCUT2D eigenvalue weighted by atomic mass is 32.1. The summed E-state index contributed by atoms with van der Waals surface area (Å²) in [4.78, 5) is 35.0. The molecule has 0 amide bonds. The van der Waals surface area contributed by atoms with E-state index in [1.165, 1.54) is 63.1 Å². The maximum absolute atomic E-state index is 15.3. The van der Waals surface area contributed by atoms with Crippen LogP contribution in [0.5, 0.6) is 0 Å². The molecule has 2 unspecified atom stereocenters. The molecule has 0 fully saturated rings. The van der Waals surface area contributed by atoms with E-state index in [0.29, 0.717) is 23.8 Å². The molecule has 2 aliphatic rings. The van der Waals surface area contributed by atoms with Crippen molar-refractivity contribution in [2.45, 2.75) is 267 Å². The van der Waals surface area contributed by atoms with Crippen molar-refractivity contribution in [2.24, 2.45) is 11.8 Å². The maximum Gasteiger partial charge on any atom is 0.270 e. The topological polar surface area (TPSA) is 122 Å². The van der Waals surface area contributed by atoms with Crippen molar-refractivity contribution in [1.29, 1.82) is 10.5 Å². The maximum atomic E-state index is 15.3. The van der Waals surface area contributed by atoms with Crippen LogP contribution in [0.25, 0.3) is 100 Å². The van der Waals surface area contributed by atoms with E-state index in [1.807, 2.05) is 29.6 Å². The number of allylic oxidation sites excluding steroid dienone is 6. The standard InChI is InChI=1S/C86H97F4N7O2S5/c1-9-15-21-25-27-29-33-39-54-67(45-60-69(51(7)47-91)56-41-62(87)64(89)43-58(56)79(60)98)100-85-77-83(102-81(54)85)71-73-74(95-104-94-73)72-76(75(71)96(77)49-52(35-19-13-5)37-31-23-17-11-3)97(50-53(36-20-14-6)38-32-24-18-12-4)78-84(72)103-82-55(40-34-30-28-26-22-16-10-2)68(101-86(78)82)46-61-70(66(48-92)93-8)57-42-63(88)65(90)44-59(57)80(61)99/h41-46,52-53H,9-40,49-50H2,1-7H3/b60-45-,61-46-,69-51-,70-66+. The van der Waals surface area contributed by atoms with Gasteiger partial charge in [-0.1, -0.05) is 196 Å². The number of aryl methyl sites for hydroxylation is 2. The van der Waals surface area contributed by atoms with E-state index in [1.54, 1.807) is 40.9 Å². The van der Waals surface area contributed by atoms with Crippen LogP contribution in [0.2, 0.25) is 0 Å². The van der Waals surface area contributed by atoms with Gasteiger partial charge in [0, 0.05) is 72.6 Å². The Labute approximate surface area is 630 Å². The first kappa shape index (κ1) is 76.5. The van der Waals surface area contributed by atoms with Crippen LogP contribution in [0, 0.1) is 64.3 Å². The minimum atomic E-state index is -1.17. The lowest BCUT2D eigenvalue weighted by Gasteiger charge is -2.22. The highest BCUT2D eigenvalue weighted by molar-refractivity contribution is 7.34. The Morgan fingerprint density at radius 2 is 0.837 bits per heavy atom. The molecule has 10 aromatic rings. The minimum absolute atomic E-state index is 0.0282. The largest absolute Gasteiger partial charge is 0.337 e. The van der Waals surface area contributed by atoms with Gasteiger partial charge in [0.1, 0.15) is 11.0 Å². The lowest BCUT2D eigenvalue weighted by Crippen LogP contribution is -2.14. The van der Waals surface area contributed by atoms with Gasteiger partial charge in [0.25, 0.3) is 5.70 Å². The smallest absolute Gasteiger partial charge is 0.270 e. The fraction of sp³-hybridized carbons (Fsp3) is 0.500. The third kappa shape index (κ3) is 15.2. The Morgan fingerprint density at radius 3 is 1.23 bits per heavy atom. The molecule has 0 N–H and O–H groups in total. The number of fused-ring (bicyclic) bond motifs is 16. The van der Waals surface area contributed by atoms with E-state index in [-0.39, 0.29) is 50.2 Å². The molecule has 9 nitrogen and oxygen atoms in total. The van der Waals surface area contributed by atoms with Crippen molar-refractivity contribution >= 4 is 164 Å². The van der Waals surface area contributed by atoms with Gasteiger partial charge in [-0.25, -0.2) is 27.7 Å². The van der Waals surface area contributed by atoms with Gasteiger partial charge in [0.15, 0.2) is 34.8 Å². The Bertz CT molecular complexity index is 5130. The van der Waals surface area contributed by atoms with Crippen molar-refractivity contribution < 1.29 is 27.2 Å². The van der Waals surface area contributed by atoms with E-state index in [9.17, 15) is 20.1 Å². The number of nitriles is 2.